The van der Waals surface area contributed by atoms with Crippen molar-refractivity contribution in [2.45, 2.75) is 6.92 Å². The van der Waals surface area contributed by atoms with Crippen LogP contribution in [-0.2, 0) is 14.4 Å². The number of hydrogen-bond donors (Lipinski definition) is 4. The first-order chi connectivity index (χ1) is 13.7. The summed E-state index contributed by atoms with van der Waals surface area (Å²) in [5, 5.41) is 7.51. The van der Waals surface area contributed by atoms with Crippen LogP contribution in [0.3, 0.4) is 0 Å². The van der Waals surface area contributed by atoms with Gasteiger partial charge in [-0.05, 0) is 31.2 Å². The number of carbonyl (C=O) groups excluding carboxylic acids is 3. The molecule has 0 aliphatic carbocycles. The maximum absolute atomic E-state index is 13.1. The number of anilines is 2. The summed E-state index contributed by atoms with van der Waals surface area (Å²) in [5.41, 5.74) is 1.83. The number of quaternary nitrogens is 1. The van der Waals surface area contributed by atoms with E-state index in [9.17, 15) is 23.2 Å². The quantitative estimate of drug-likeness (QED) is 0.515. The zero-order valence-corrected chi connectivity index (χ0v) is 16.1. The summed E-state index contributed by atoms with van der Waals surface area (Å²) in [7, 11) is 1.68. The SMILES string of the molecule is Cc1ccc(NC(=O)C[NH+](C)CC(=O)NCC(=O)Nc2ccc(F)c(F)c2)cc1. The number of rotatable bonds is 8. The minimum absolute atomic E-state index is 0.0141. The van der Waals surface area contributed by atoms with Gasteiger partial charge in [-0.15, -0.1) is 0 Å². The minimum atomic E-state index is -1.08. The van der Waals surface area contributed by atoms with Crippen LogP contribution in [0.4, 0.5) is 20.2 Å². The number of likely N-dealkylation sites (N-methyl/N-ethyl adjacent to an activating group) is 1. The van der Waals surface area contributed by atoms with Crippen molar-refractivity contribution >= 4 is 29.1 Å². The molecule has 4 N–H and O–H groups in total. The van der Waals surface area contributed by atoms with Crippen molar-refractivity contribution in [3.05, 3.63) is 59.7 Å². The number of nitrogens with one attached hydrogen (secondary N) is 4. The Morgan fingerprint density at radius 2 is 1.41 bits per heavy atom. The third kappa shape index (κ3) is 7.67. The highest BCUT2D eigenvalue weighted by atomic mass is 19.2. The van der Waals surface area contributed by atoms with Crippen molar-refractivity contribution in [3.8, 4) is 0 Å². The molecule has 0 aliphatic rings. The van der Waals surface area contributed by atoms with Crippen molar-refractivity contribution in [1.29, 1.82) is 0 Å². The van der Waals surface area contributed by atoms with Crippen LogP contribution in [0, 0.1) is 18.6 Å². The van der Waals surface area contributed by atoms with Crippen molar-refractivity contribution in [2.24, 2.45) is 0 Å². The lowest BCUT2D eigenvalue weighted by molar-refractivity contribution is -0.862. The number of benzene rings is 2. The molecule has 0 fully saturated rings. The lowest BCUT2D eigenvalue weighted by Crippen LogP contribution is -3.11. The van der Waals surface area contributed by atoms with Crippen molar-refractivity contribution < 1.29 is 28.1 Å². The van der Waals surface area contributed by atoms with E-state index in [1.807, 2.05) is 19.1 Å². The Kier molecular flexibility index (Phi) is 7.79. The van der Waals surface area contributed by atoms with Gasteiger partial charge in [0.1, 0.15) is 0 Å². The van der Waals surface area contributed by atoms with E-state index in [2.05, 4.69) is 16.0 Å². The summed E-state index contributed by atoms with van der Waals surface area (Å²) in [4.78, 5) is 36.4. The molecule has 7 nitrogen and oxygen atoms in total. The van der Waals surface area contributed by atoms with E-state index < -0.39 is 23.4 Å². The lowest BCUT2D eigenvalue weighted by Gasteiger charge is -2.14. The van der Waals surface area contributed by atoms with Crippen LogP contribution >= 0.6 is 0 Å². The highest BCUT2D eigenvalue weighted by molar-refractivity contribution is 5.94. The Balaban J connectivity index is 1.70. The molecule has 0 heterocycles. The number of halogens is 2. The molecule has 154 valence electrons. The predicted octanol–water partition coefficient (Wildman–Crippen LogP) is 0.481. The van der Waals surface area contributed by atoms with Crippen LogP contribution in [0.1, 0.15) is 5.56 Å². The van der Waals surface area contributed by atoms with Crippen LogP contribution in [0.25, 0.3) is 0 Å². The third-order valence-electron chi connectivity index (χ3n) is 3.91. The van der Waals surface area contributed by atoms with Crippen LogP contribution in [0.2, 0.25) is 0 Å². The molecule has 0 aromatic heterocycles. The molecule has 0 saturated heterocycles. The molecule has 0 bridgehead atoms. The maximum Gasteiger partial charge on any atom is 0.279 e. The second kappa shape index (κ2) is 10.3. The van der Waals surface area contributed by atoms with Gasteiger partial charge in [0.2, 0.25) is 5.91 Å². The van der Waals surface area contributed by atoms with Gasteiger partial charge in [0.15, 0.2) is 24.7 Å². The Labute approximate surface area is 167 Å². The highest BCUT2D eigenvalue weighted by Crippen LogP contribution is 2.12. The fourth-order valence-corrected chi connectivity index (χ4v) is 2.47. The Morgan fingerprint density at radius 3 is 2.07 bits per heavy atom. The molecule has 0 saturated carbocycles. The van der Waals surface area contributed by atoms with E-state index in [0.717, 1.165) is 17.7 Å². The van der Waals surface area contributed by atoms with Gasteiger partial charge < -0.3 is 20.9 Å². The van der Waals surface area contributed by atoms with Crippen molar-refractivity contribution in [2.75, 3.05) is 37.3 Å². The standard InChI is InChI=1S/C20H22F2N4O3/c1-13-3-5-14(6-4-13)24-20(29)12-26(2)11-19(28)23-10-18(27)25-15-7-8-16(21)17(22)9-15/h3-9H,10-12H2,1-2H3,(H,23,28)(H,24,29)(H,25,27)/p+1. The fraction of sp³-hybridized carbons (Fsp3) is 0.250. The zero-order chi connectivity index (χ0) is 21.4. The second-order valence-electron chi connectivity index (χ2n) is 6.68. The summed E-state index contributed by atoms with van der Waals surface area (Å²) in [5.74, 6) is -3.35. The van der Waals surface area contributed by atoms with Crippen LogP contribution in [0.5, 0.6) is 0 Å². The minimum Gasteiger partial charge on any atom is -0.342 e. The topological polar surface area (TPSA) is 91.7 Å². The fourth-order valence-electron chi connectivity index (χ4n) is 2.47. The molecule has 0 radical (unpaired) electrons. The first-order valence-electron chi connectivity index (χ1n) is 8.92. The molecule has 29 heavy (non-hydrogen) atoms. The monoisotopic (exact) mass is 405 g/mol. The predicted molar refractivity (Wildman–Crippen MR) is 104 cm³/mol. The summed E-state index contributed by atoms with van der Waals surface area (Å²) >= 11 is 0. The maximum atomic E-state index is 13.1. The normalized spacial score (nSPS) is 11.4. The van der Waals surface area contributed by atoms with E-state index in [1.165, 1.54) is 6.07 Å². The molecule has 1 atom stereocenters. The average molecular weight is 405 g/mol. The van der Waals surface area contributed by atoms with Crippen LogP contribution in [-0.4, -0.2) is 44.4 Å². The zero-order valence-electron chi connectivity index (χ0n) is 16.1. The first kappa shape index (κ1) is 22.0. The average Bonchev–Trinajstić information content (AvgIpc) is 2.65. The first-order valence-corrected chi connectivity index (χ1v) is 8.92. The van der Waals surface area contributed by atoms with E-state index in [0.29, 0.717) is 10.6 Å². The molecule has 0 aliphatic heterocycles. The van der Waals surface area contributed by atoms with Crippen molar-refractivity contribution in [1.82, 2.24) is 5.32 Å². The lowest BCUT2D eigenvalue weighted by atomic mass is 10.2. The molecule has 2 aromatic rings. The molecular weight excluding hydrogens is 382 g/mol. The summed E-state index contributed by atoms with van der Waals surface area (Å²) in [6.07, 6.45) is 0. The smallest absolute Gasteiger partial charge is 0.279 e. The summed E-state index contributed by atoms with van der Waals surface area (Å²) in [6.45, 7) is 1.67. The number of amides is 3. The molecule has 1 unspecified atom stereocenters. The highest BCUT2D eigenvalue weighted by Gasteiger charge is 2.15. The molecule has 2 aromatic carbocycles. The molecule has 2 rings (SSSR count). The van der Waals surface area contributed by atoms with Gasteiger partial charge >= 0.3 is 0 Å². The Bertz CT molecular complexity index is 888. The van der Waals surface area contributed by atoms with Gasteiger partial charge in [0.05, 0.1) is 13.6 Å². The van der Waals surface area contributed by atoms with E-state index in [1.54, 1.807) is 19.2 Å². The largest absolute Gasteiger partial charge is 0.342 e. The number of aryl methyl sites for hydroxylation is 1. The Hall–Kier alpha value is -3.33. The van der Waals surface area contributed by atoms with E-state index in [-0.39, 0.29) is 31.2 Å². The van der Waals surface area contributed by atoms with Gasteiger partial charge in [-0.25, -0.2) is 8.78 Å². The molecular formula is C20H23F2N4O3+. The Morgan fingerprint density at radius 1 is 0.828 bits per heavy atom. The summed E-state index contributed by atoms with van der Waals surface area (Å²) in [6, 6.07) is 10.3. The van der Waals surface area contributed by atoms with Gasteiger partial charge in [0.25, 0.3) is 11.8 Å². The summed E-state index contributed by atoms with van der Waals surface area (Å²) < 4.78 is 26.0. The molecule has 0 spiro atoms. The third-order valence-corrected chi connectivity index (χ3v) is 3.91. The van der Waals surface area contributed by atoms with Gasteiger partial charge in [0, 0.05) is 17.4 Å². The number of hydrogen-bond acceptors (Lipinski definition) is 3. The molecule has 9 heteroatoms. The van der Waals surface area contributed by atoms with Crippen LogP contribution in [0.15, 0.2) is 42.5 Å². The van der Waals surface area contributed by atoms with Gasteiger partial charge in [-0.2, -0.15) is 0 Å². The van der Waals surface area contributed by atoms with Gasteiger partial charge in [-0.1, -0.05) is 17.7 Å². The molecule has 3 amide bonds. The van der Waals surface area contributed by atoms with E-state index in [4.69, 9.17) is 0 Å². The second-order valence-corrected chi connectivity index (χ2v) is 6.68. The van der Waals surface area contributed by atoms with Crippen molar-refractivity contribution in [3.63, 3.8) is 0 Å². The number of carbonyl (C=O) groups is 3. The van der Waals surface area contributed by atoms with Crippen LogP contribution < -0.4 is 20.9 Å². The van der Waals surface area contributed by atoms with E-state index >= 15 is 0 Å². The van der Waals surface area contributed by atoms with Gasteiger partial charge in [-0.3, -0.25) is 14.4 Å².